The third-order valence-corrected chi connectivity index (χ3v) is 4.40. The minimum Gasteiger partial charge on any atom is -0.481 e. The molecule has 0 aliphatic heterocycles. The standard InChI is InChI=1S/C14H14ClNO4S/c1-3-20-21(17,18)13-8-11(15)5-6-12(13)10-4-7-14(19-2)16-9-10/h4-9H,3H2,1-2H3. The molecule has 0 unspecified atom stereocenters. The fraction of sp³-hybridized carbons (Fsp3) is 0.214. The van der Waals surface area contributed by atoms with Gasteiger partial charge in [0.2, 0.25) is 5.88 Å². The molecule has 0 spiro atoms. The van der Waals surface area contributed by atoms with Crippen molar-refractivity contribution in [1.29, 1.82) is 0 Å². The maximum absolute atomic E-state index is 12.2. The highest BCUT2D eigenvalue weighted by Crippen LogP contribution is 2.31. The molecule has 0 aliphatic carbocycles. The zero-order chi connectivity index (χ0) is 15.5. The predicted octanol–water partition coefficient (Wildman–Crippen LogP) is 3.14. The summed E-state index contributed by atoms with van der Waals surface area (Å²) in [5, 5.41) is 0.318. The summed E-state index contributed by atoms with van der Waals surface area (Å²) < 4.78 is 34.2. The first-order valence-corrected chi connectivity index (χ1v) is 7.96. The fourth-order valence-corrected chi connectivity index (χ4v) is 3.22. The van der Waals surface area contributed by atoms with Crippen LogP contribution in [-0.2, 0) is 14.3 Å². The molecule has 112 valence electrons. The highest BCUT2D eigenvalue weighted by molar-refractivity contribution is 7.87. The zero-order valence-corrected chi connectivity index (χ0v) is 13.1. The topological polar surface area (TPSA) is 65.5 Å². The Balaban J connectivity index is 2.58. The minimum absolute atomic E-state index is 0.0174. The van der Waals surface area contributed by atoms with E-state index < -0.39 is 10.1 Å². The van der Waals surface area contributed by atoms with Gasteiger partial charge in [-0.3, -0.25) is 4.18 Å². The van der Waals surface area contributed by atoms with Crippen LogP contribution < -0.4 is 4.74 Å². The lowest BCUT2D eigenvalue weighted by molar-refractivity contribution is 0.338. The van der Waals surface area contributed by atoms with Gasteiger partial charge in [0.25, 0.3) is 10.1 Å². The van der Waals surface area contributed by atoms with Crippen LogP contribution in [0.2, 0.25) is 5.02 Å². The molecule has 0 amide bonds. The number of rotatable bonds is 5. The minimum atomic E-state index is -3.87. The van der Waals surface area contributed by atoms with E-state index in [-0.39, 0.29) is 11.5 Å². The van der Waals surface area contributed by atoms with Crippen LogP contribution in [0.25, 0.3) is 11.1 Å². The van der Waals surface area contributed by atoms with Crippen molar-refractivity contribution in [2.45, 2.75) is 11.8 Å². The Kier molecular flexibility index (Phi) is 4.82. The third kappa shape index (κ3) is 3.53. The first kappa shape index (κ1) is 15.8. The van der Waals surface area contributed by atoms with Crippen LogP contribution in [0.4, 0.5) is 0 Å². The second-order valence-electron chi connectivity index (χ2n) is 4.09. The van der Waals surface area contributed by atoms with E-state index in [2.05, 4.69) is 4.98 Å². The number of ether oxygens (including phenoxy) is 1. The number of pyridine rings is 1. The quantitative estimate of drug-likeness (QED) is 0.789. The summed E-state index contributed by atoms with van der Waals surface area (Å²) >= 11 is 5.90. The van der Waals surface area contributed by atoms with Crippen molar-refractivity contribution in [1.82, 2.24) is 4.98 Å². The van der Waals surface area contributed by atoms with Crippen LogP contribution in [0.3, 0.4) is 0 Å². The average Bonchev–Trinajstić information content (AvgIpc) is 2.47. The van der Waals surface area contributed by atoms with E-state index in [1.165, 1.54) is 19.4 Å². The Morgan fingerprint density at radius 2 is 2.00 bits per heavy atom. The van der Waals surface area contributed by atoms with Crippen molar-refractivity contribution >= 4 is 21.7 Å². The number of benzene rings is 1. The van der Waals surface area contributed by atoms with Crippen molar-refractivity contribution in [3.05, 3.63) is 41.6 Å². The normalized spacial score (nSPS) is 11.4. The van der Waals surface area contributed by atoms with Gasteiger partial charge in [-0.05, 0) is 25.1 Å². The SMILES string of the molecule is CCOS(=O)(=O)c1cc(Cl)ccc1-c1ccc(OC)nc1. The Bertz CT molecular complexity index is 729. The molecule has 0 bridgehead atoms. The third-order valence-electron chi connectivity index (χ3n) is 2.74. The summed E-state index contributed by atoms with van der Waals surface area (Å²) in [4.78, 5) is 4.09. The first-order chi connectivity index (χ1) is 9.97. The van der Waals surface area contributed by atoms with Crippen LogP contribution in [-0.4, -0.2) is 27.1 Å². The molecular weight excluding hydrogens is 314 g/mol. The lowest BCUT2D eigenvalue weighted by atomic mass is 10.1. The molecule has 0 atom stereocenters. The van der Waals surface area contributed by atoms with E-state index in [0.29, 0.717) is 22.0 Å². The zero-order valence-electron chi connectivity index (χ0n) is 11.5. The maximum atomic E-state index is 12.2. The molecule has 0 aliphatic rings. The molecule has 0 saturated heterocycles. The average molecular weight is 328 g/mol. The van der Waals surface area contributed by atoms with Crippen molar-refractivity contribution in [2.24, 2.45) is 0 Å². The van der Waals surface area contributed by atoms with Gasteiger partial charge in [-0.25, -0.2) is 4.98 Å². The molecule has 5 nitrogen and oxygen atoms in total. The van der Waals surface area contributed by atoms with Gasteiger partial charge in [-0.1, -0.05) is 17.7 Å². The smallest absolute Gasteiger partial charge is 0.297 e. The molecule has 2 rings (SSSR count). The van der Waals surface area contributed by atoms with E-state index in [1.807, 2.05) is 0 Å². The van der Waals surface area contributed by atoms with Crippen LogP contribution in [0, 0.1) is 0 Å². The lowest BCUT2D eigenvalue weighted by Crippen LogP contribution is -2.07. The van der Waals surface area contributed by atoms with Crippen LogP contribution >= 0.6 is 11.6 Å². The molecule has 0 fully saturated rings. The number of hydrogen-bond acceptors (Lipinski definition) is 5. The molecule has 0 radical (unpaired) electrons. The number of hydrogen-bond donors (Lipinski definition) is 0. The molecule has 1 aromatic heterocycles. The maximum Gasteiger partial charge on any atom is 0.297 e. The van der Waals surface area contributed by atoms with E-state index >= 15 is 0 Å². The van der Waals surface area contributed by atoms with Gasteiger partial charge in [-0.15, -0.1) is 0 Å². The van der Waals surface area contributed by atoms with Gasteiger partial charge in [0, 0.05) is 28.4 Å². The summed E-state index contributed by atoms with van der Waals surface area (Å²) in [5.41, 5.74) is 1.11. The van der Waals surface area contributed by atoms with Gasteiger partial charge in [0.1, 0.15) is 4.90 Å². The first-order valence-electron chi connectivity index (χ1n) is 6.17. The Morgan fingerprint density at radius 3 is 2.57 bits per heavy atom. The summed E-state index contributed by atoms with van der Waals surface area (Å²) in [7, 11) is -2.36. The summed E-state index contributed by atoms with van der Waals surface area (Å²) in [6.45, 7) is 1.66. The number of methoxy groups -OCH3 is 1. The summed E-state index contributed by atoms with van der Waals surface area (Å²) in [6, 6.07) is 7.98. The number of halogens is 1. The molecule has 1 aromatic carbocycles. The van der Waals surface area contributed by atoms with E-state index in [0.717, 1.165) is 0 Å². The number of aromatic nitrogens is 1. The fourth-order valence-electron chi connectivity index (χ4n) is 1.82. The number of nitrogens with zero attached hydrogens (tertiary/aromatic N) is 1. The molecule has 1 heterocycles. The molecule has 0 saturated carbocycles. The Labute approximate surface area is 128 Å². The van der Waals surface area contributed by atoms with Crippen molar-refractivity contribution in [2.75, 3.05) is 13.7 Å². The van der Waals surface area contributed by atoms with Gasteiger partial charge in [0.05, 0.1) is 13.7 Å². The monoisotopic (exact) mass is 327 g/mol. The molecule has 2 aromatic rings. The van der Waals surface area contributed by atoms with Crippen LogP contribution in [0.1, 0.15) is 6.92 Å². The van der Waals surface area contributed by atoms with Gasteiger partial charge < -0.3 is 4.74 Å². The van der Waals surface area contributed by atoms with Crippen LogP contribution in [0.5, 0.6) is 5.88 Å². The Hall–Kier alpha value is -1.63. The van der Waals surface area contributed by atoms with E-state index in [9.17, 15) is 8.42 Å². The summed E-state index contributed by atoms with van der Waals surface area (Å²) in [6.07, 6.45) is 1.53. The van der Waals surface area contributed by atoms with Gasteiger partial charge in [-0.2, -0.15) is 8.42 Å². The Morgan fingerprint density at radius 1 is 1.24 bits per heavy atom. The molecule has 0 N–H and O–H groups in total. The van der Waals surface area contributed by atoms with Crippen molar-refractivity contribution in [3.63, 3.8) is 0 Å². The highest BCUT2D eigenvalue weighted by atomic mass is 35.5. The molecular formula is C14H14ClNO4S. The second kappa shape index (κ2) is 6.43. The lowest BCUT2D eigenvalue weighted by Gasteiger charge is -2.11. The van der Waals surface area contributed by atoms with Crippen LogP contribution in [0.15, 0.2) is 41.4 Å². The summed E-state index contributed by atoms with van der Waals surface area (Å²) in [5.74, 6) is 0.446. The van der Waals surface area contributed by atoms with Gasteiger partial charge in [0.15, 0.2) is 0 Å². The second-order valence-corrected chi connectivity index (χ2v) is 6.11. The van der Waals surface area contributed by atoms with Crippen molar-refractivity contribution in [3.8, 4) is 17.0 Å². The van der Waals surface area contributed by atoms with Crippen molar-refractivity contribution < 1.29 is 17.3 Å². The highest BCUT2D eigenvalue weighted by Gasteiger charge is 2.20. The van der Waals surface area contributed by atoms with E-state index in [4.69, 9.17) is 20.5 Å². The largest absolute Gasteiger partial charge is 0.481 e. The van der Waals surface area contributed by atoms with Gasteiger partial charge >= 0.3 is 0 Å². The van der Waals surface area contributed by atoms with E-state index in [1.54, 1.807) is 31.2 Å². The molecule has 21 heavy (non-hydrogen) atoms. The predicted molar refractivity (Wildman–Crippen MR) is 80.0 cm³/mol. The molecule has 7 heteroatoms.